The van der Waals surface area contributed by atoms with Crippen LogP contribution in [-0.2, 0) is 13.1 Å². The molecule has 1 aromatic carbocycles. The number of nitrogens with zero attached hydrogens (tertiary/aromatic N) is 1. The van der Waals surface area contributed by atoms with Crippen molar-refractivity contribution in [1.29, 1.82) is 0 Å². The van der Waals surface area contributed by atoms with Gasteiger partial charge in [-0.25, -0.2) is 0 Å². The maximum absolute atomic E-state index is 5.81. The molecule has 0 aliphatic rings. The number of benzene rings is 1. The smallest absolute Gasteiger partial charge is 0.0552 e. The maximum Gasteiger partial charge on any atom is 0.0552 e. The van der Waals surface area contributed by atoms with Gasteiger partial charge in [-0.1, -0.05) is 23.7 Å². The van der Waals surface area contributed by atoms with Crippen molar-refractivity contribution in [1.82, 2.24) is 9.69 Å². The molecule has 0 radical (unpaired) electrons. The quantitative estimate of drug-likeness (QED) is 0.926. The second kappa shape index (κ2) is 5.77. The van der Waals surface area contributed by atoms with E-state index in [2.05, 4.69) is 25.6 Å². The number of hydrogen-bond donors (Lipinski definition) is 1. The van der Waals surface area contributed by atoms with E-state index in [1.165, 1.54) is 22.0 Å². The number of nitrogens with one attached hydrogen (secondary N) is 1. The summed E-state index contributed by atoms with van der Waals surface area (Å²) in [6, 6.07) is 7.86. The van der Waals surface area contributed by atoms with E-state index in [1.54, 1.807) is 0 Å². The molecular formula is C11H10BrClN2S. The SMILES string of the molecule is Clc1ccc(CNCc2sncc2Br)cc1. The molecule has 0 saturated carbocycles. The molecule has 1 aromatic heterocycles. The van der Waals surface area contributed by atoms with Crippen molar-refractivity contribution in [2.45, 2.75) is 13.1 Å². The van der Waals surface area contributed by atoms with Crippen molar-refractivity contribution in [3.63, 3.8) is 0 Å². The van der Waals surface area contributed by atoms with Gasteiger partial charge < -0.3 is 5.32 Å². The topological polar surface area (TPSA) is 24.9 Å². The van der Waals surface area contributed by atoms with Crippen LogP contribution in [0.5, 0.6) is 0 Å². The second-order valence-electron chi connectivity index (χ2n) is 3.33. The summed E-state index contributed by atoms with van der Waals surface area (Å²) >= 11 is 10.8. The van der Waals surface area contributed by atoms with Crippen molar-refractivity contribution in [2.75, 3.05) is 0 Å². The van der Waals surface area contributed by atoms with E-state index in [9.17, 15) is 0 Å². The Labute approximate surface area is 112 Å². The minimum absolute atomic E-state index is 0.772. The largest absolute Gasteiger partial charge is 0.308 e. The molecule has 0 bridgehead atoms. The predicted octanol–water partition coefficient (Wildman–Crippen LogP) is 3.85. The highest BCUT2D eigenvalue weighted by molar-refractivity contribution is 9.10. The molecule has 2 rings (SSSR count). The van der Waals surface area contributed by atoms with Crippen LogP contribution in [0.4, 0.5) is 0 Å². The molecule has 0 atom stereocenters. The minimum atomic E-state index is 0.772. The van der Waals surface area contributed by atoms with Gasteiger partial charge in [0, 0.05) is 18.1 Å². The van der Waals surface area contributed by atoms with Crippen LogP contribution in [0.15, 0.2) is 34.9 Å². The number of rotatable bonds is 4. The average Bonchev–Trinajstić information content (AvgIpc) is 2.68. The first kappa shape index (κ1) is 12.0. The van der Waals surface area contributed by atoms with E-state index in [-0.39, 0.29) is 0 Å². The normalized spacial score (nSPS) is 10.6. The Morgan fingerprint density at radius 2 is 2.00 bits per heavy atom. The van der Waals surface area contributed by atoms with Gasteiger partial charge in [0.2, 0.25) is 0 Å². The van der Waals surface area contributed by atoms with Crippen LogP contribution in [0.2, 0.25) is 5.02 Å². The lowest BCUT2D eigenvalue weighted by atomic mass is 10.2. The van der Waals surface area contributed by atoms with Gasteiger partial charge in [-0.15, -0.1) is 0 Å². The van der Waals surface area contributed by atoms with Crippen LogP contribution in [0.3, 0.4) is 0 Å². The van der Waals surface area contributed by atoms with Crippen molar-refractivity contribution < 1.29 is 0 Å². The third kappa shape index (κ3) is 3.28. The lowest BCUT2D eigenvalue weighted by molar-refractivity contribution is 0.699. The highest BCUT2D eigenvalue weighted by atomic mass is 79.9. The van der Waals surface area contributed by atoms with Gasteiger partial charge in [0.15, 0.2) is 0 Å². The van der Waals surface area contributed by atoms with Gasteiger partial charge in [0.25, 0.3) is 0 Å². The van der Waals surface area contributed by atoms with Gasteiger partial charge in [-0.05, 0) is 45.2 Å². The zero-order valence-electron chi connectivity index (χ0n) is 8.41. The maximum atomic E-state index is 5.81. The van der Waals surface area contributed by atoms with E-state index in [1.807, 2.05) is 30.5 Å². The molecule has 16 heavy (non-hydrogen) atoms. The van der Waals surface area contributed by atoms with E-state index in [4.69, 9.17) is 11.6 Å². The summed E-state index contributed by atoms with van der Waals surface area (Å²) in [6.07, 6.45) is 1.82. The summed E-state index contributed by atoms with van der Waals surface area (Å²) in [4.78, 5) is 1.22. The molecule has 0 unspecified atom stereocenters. The van der Waals surface area contributed by atoms with E-state index >= 15 is 0 Å². The first-order valence-corrected chi connectivity index (χ1v) is 6.74. The summed E-state index contributed by atoms with van der Waals surface area (Å²) < 4.78 is 5.17. The van der Waals surface area contributed by atoms with Crippen LogP contribution in [-0.4, -0.2) is 4.37 Å². The Hall–Kier alpha value is -0.420. The van der Waals surface area contributed by atoms with Gasteiger partial charge in [0.05, 0.1) is 15.5 Å². The molecule has 0 saturated heterocycles. The molecule has 0 aliphatic heterocycles. The summed E-state index contributed by atoms with van der Waals surface area (Å²) in [6.45, 7) is 1.66. The minimum Gasteiger partial charge on any atom is -0.308 e. The second-order valence-corrected chi connectivity index (χ2v) is 5.50. The third-order valence-electron chi connectivity index (χ3n) is 2.12. The van der Waals surface area contributed by atoms with Crippen molar-refractivity contribution >= 4 is 39.1 Å². The first-order valence-electron chi connectivity index (χ1n) is 4.80. The summed E-state index contributed by atoms with van der Waals surface area (Å²) in [5.41, 5.74) is 1.23. The molecule has 1 heterocycles. The molecular weight excluding hydrogens is 308 g/mol. The summed E-state index contributed by atoms with van der Waals surface area (Å²) in [7, 11) is 0. The van der Waals surface area contributed by atoms with Crippen LogP contribution < -0.4 is 5.32 Å². The number of hydrogen-bond acceptors (Lipinski definition) is 3. The zero-order valence-corrected chi connectivity index (χ0v) is 11.6. The average molecular weight is 318 g/mol. The van der Waals surface area contributed by atoms with Crippen LogP contribution >= 0.6 is 39.1 Å². The Bertz CT molecular complexity index is 455. The molecule has 2 aromatic rings. The van der Waals surface area contributed by atoms with Crippen molar-refractivity contribution in [2.24, 2.45) is 0 Å². The summed E-state index contributed by atoms with van der Waals surface area (Å²) in [5.74, 6) is 0. The van der Waals surface area contributed by atoms with Gasteiger partial charge >= 0.3 is 0 Å². The lowest BCUT2D eigenvalue weighted by Gasteiger charge is -2.03. The van der Waals surface area contributed by atoms with Crippen LogP contribution in [0.25, 0.3) is 0 Å². The van der Waals surface area contributed by atoms with Gasteiger partial charge in [-0.2, -0.15) is 4.37 Å². The predicted molar refractivity (Wildman–Crippen MR) is 71.8 cm³/mol. The Balaban J connectivity index is 1.84. The number of halogens is 2. The molecule has 84 valence electrons. The van der Waals surface area contributed by atoms with Crippen LogP contribution in [0.1, 0.15) is 10.4 Å². The summed E-state index contributed by atoms with van der Waals surface area (Å²) in [5, 5.41) is 4.13. The Morgan fingerprint density at radius 3 is 2.62 bits per heavy atom. The molecule has 0 amide bonds. The molecule has 5 heteroatoms. The molecule has 2 nitrogen and oxygen atoms in total. The van der Waals surface area contributed by atoms with Crippen molar-refractivity contribution in [3.8, 4) is 0 Å². The zero-order chi connectivity index (χ0) is 11.4. The van der Waals surface area contributed by atoms with Crippen LogP contribution in [0, 0.1) is 0 Å². The lowest BCUT2D eigenvalue weighted by Crippen LogP contribution is -2.11. The third-order valence-corrected chi connectivity index (χ3v) is 4.12. The Kier molecular flexibility index (Phi) is 4.35. The van der Waals surface area contributed by atoms with E-state index in [0.717, 1.165) is 22.6 Å². The highest BCUT2D eigenvalue weighted by Gasteiger charge is 2.01. The van der Waals surface area contributed by atoms with E-state index < -0.39 is 0 Å². The van der Waals surface area contributed by atoms with Crippen molar-refractivity contribution in [3.05, 3.63) is 50.4 Å². The van der Waals surface area contributed by atoms with E-state index in [0.29, 0.717) is 0 Å². The highest BCUT2D eigenvalue weighted by Crippen LogP contribution is 2.19. The fourth-order valence-electron chi connectivity index (χ4n) is 1.29. The van der Waals surface area contributed by atoms with Gasteiger partial charge in [0.1, 0.15) is 0 Å². The van der Waals surface area contributed by atoms with Gasteiger partial charge in [-0.3, -0.25) is 0 Å². The Morgan fingerprint density at radius 1 is 1.25 bits per heavy atom. The molecule has 0 spiro atoms. The molecule has 1 N–H and O–H groups in total. The fourth-order valence-corrected chi connectivity index (χ4v) is 2.60. The fraction of sp³-hybridized carbons (Fsp3) is 0.182. The molecule has 0 fully saturated rings. The first-order chi connectivity index (χ1) is 7.75. The monoisotopic (exact) mass is 316 g/mol. The molecule has 0 aliphatic carbocycles. The number of aromatic nitrogens is 1. The standard InChI is InChI=1S/C11H10BrClN2S/c12-10-6-15-16-11(10)7-14-5-8-1-3-9(13)4-2-8/h1-4,6,14H,5,7H2.